The highest BCUT2D eigenvalue weighted by Crippen LogP contribution is 2.34. The number of methoxy groups -OCH3 is 1. The molecule has 1 rings (SSSR count). The van der Waals surface area contributed by atoms with Crippen LogP contribution in [0.1, 0.15) is 29.8 Å². The Morgan fingerprint density at radius 3 is 2.52 bits per heavy atom. The standard InChI is InChI=1S/C14H19F3N2O2/c1-4-19(9(2)8-21-3)13(20)10-5-6-12(18)11(7-10)14(15,16)17/h5-7,9H,4,8,18H2,1-3H3. The molecule has 4 nitrogen and oxygen atoms in total. The lowest BCUT2D eigenvalue weighted by Crippen LogP contribution is -2.41. The second kappa shape index (κ2) is 6.80. The van der Waals surface area contributed by atoms with Crippen molar-refractivity contribution in [3.8, 4) is 0 Å². The average molecular weight is 304 g/mol. The van der Waals surface area contributed by atoms with Crippen LogP contribution in [-0.4, -0.2) is 37.1 Å². The van der Waals surface area contributed by atoms with Crippen molar-refractivity contribution in [2.45, 2.75) is 26.1 Å². The number of ether oxygens (including phenoxy) is 1. The Morgan fingerprint density at radius 2 is 2.05 bits per heavy atom. The van der Waals surface area contributed by atoms with Gasteiger partial charge in [-0.2, -0.15) is 13.2 Å². The molecule has 0 aliphatic rings. The first-order valence-corrected chi connectivity index (χ1v) is 6.49. The van der Waals surface area contributed by atoms with E-state index < -0.39 is 23.3 Å². The van der Waals surface area contributed by atoms with E-state index in [-0.39, 0.29) is 11.6 Å². The summed E-state index contributed by atoms with van der Waals surface area (Å²) in [5, 5.41) is 0. The summed E-state index contributed by atoms with van der Waals surface area (Å²) in [6.45, 7) is 4.20. The number of rotatable bonds is 5. The van der Waals surface area contributed by atoms with Gasteiger partial charge in [0, 0.05) is 24.9 Å². The minimum atomic E-state index is -4.59. The summed E-state index contributed by atoms with van der Waals surface area (Å²) < 4.78 is 43.5. The number of hydrogen-bond donors (Lipinski definition) is 1. The molecule has 0 radical (unpaired) electrons. The fourth-order valence-electron chi connectivity index (χ4n) is 2.09. The van der Waals surface area contributed by atoms with Crippen LogP contribution in [0.4, 0.5) is 18.9 Å². The molecule has 0 saturated carbocycles. The number of benzene rings is 1. The highest BCUT2D eigenvalue weighted by molar-refractivity contribution is 5.95. The fourth-order valence-corrected chi connectivity index (χ4v) is 2.09. The molecule has 118 valence electrons. The smallest absolute Gasteiger partial charge is 0.398 e. The summed E-state index contributed by atoms with van der Waals surface area (Å²) in [6.07, 6.45) is -4.59. The van der Waals surface area contributed by atoms with Gasteiger partial charge in [-0.1, -0.05) is 0 Å². The normalized spacial score (nSPS) is 13.0. The SMILES string of the molecule is CCN(C(=O)c1ccc(N)c(C(F)(F)F)c1)C(C)COC. The Hall–Kier alpha value is -1.76. The molecule has 21 heavy (non-hydrogen) atoms. The van der Waals surface area contributed by atoms with E-state index in [9.17, 15) is 18.0 Å². The van der Waals surface area contributed by atoms with Crippen molar-refractivity contribution in [3.05, 3.63) is 29.3 Å². The Balaban J connectivity index is 3.12. The maximum atomic E-state index is 12.8. The van der Waals surface area contributed by atoms with E-state index in [1.807, 2.05) is 0 Å². The first-order valence-electron chi connectivity index (χ1n) is 6.49. The van der Waals surface area contributed by atoms with Gasteiger partial charge in [0.25, 0.3) is 5.91 Å². The van der Waals surface area contributed by atoms with Crippen LogP contribution in [-0.2, 0) is 10.9 Å². The number of nitrogen functional groups attached to an aromatic ring is 1. The van der Waals surface area contributed by atoms with Crippen molar-refractivity contribution < 1.29 is 22.7 Å². The largest absolute Gasteiger partial charge is 0.418 e. The van der Waals surface area contributed by atoms with Gasteiger partial charge >= 0.3 is 6.18 Å². The minimum absolute atomic E-state index is 0.0404. The number of likely N-dealkylation sites (N-methyl/N-ethyl adjacent to an activating group) is 1. The Morgan fingerprint density at radius 1 is 1.43 bits per heavy atom. The molecule has 2 N–H and O–H groups in total. The molecular weight excluding hydrogens is 285 g/mol. The van der Waals surface area contributed by atoms with Crippen LogP contribution < -0.4 is 5.73 Å². The maximum Gasteiger partial charge on any atom is 0.418 e. The summed E-state index contributed by atoms with van der Waals surface area (Å²) in [7, 11) is 1.50. The molecular formula is C14H19F3N2O2. The van der Waals surface area contributed by atoms with Crippen molar-refractivity contribution in [2.24, 2.45) is 0 Å². The third kappa shape index (κ3) is 4.10. The van der Waals surface area contributed by atoms with Crippen LogP contribution in [0.5, 0.6) is 0 Å². The summed E-state index contributed by atoms with van der Waals surface area (Å²) in [4.78, 5) is 13.8. The number of amides is 1. The predicted molar refractivity (Wildman–Crippen MR) is 73.9 cm³/mol. The zero-order valence-corrected chi connectivity index (χ0v) is 12.2. The number of carbonyl (C=O) groups excluding carboxylic acids is 1. The number of anilines is 1. The molecule has 0 saturated heterocycles. The molecule has 1 aromatic rings. The number of nitrogens with zero attached hydrogens (tertiary/aromatic N) is 1. The molecule has 0 aliphatic heterocycles. The zero-order chi connectivity index (χ0) is 16.2. The summed E-state index contributed by atoms with van der Waals surface area (Å²) in [5.41, 5.74) is 3.89. The lowest BCUT2D eigenvalue weighted by atomic mass is 10.1. The molecule has 1 unspecified atom stereocenters. The quantitative estimate of drug-likeness (QED) is 0.851. The predicted octanol–water partition coefficient (Wildman–Crippen LogP) is 2.78. The summed E-state index contributed by atoms with van der Waals surface area (Å²) in [5.74, 6) is -0.479. The number of alkyl halides is 3. The van der Waals surface area contributed by atoms with E-state index in [0.29, 0.717) is 13.2 Å². The second-order valence-corrected chi connectivity index (χ2v) is 4.70. The van der Waals surface area contributed by atoms with E-state index >= 15 is 0 Å². The monoisotopic (exact) mass is 304 g/mol. The molecule has 7 heteroatoms. The molecule has 0 aliphatic carbocycles. The van der Waals surface area contributed by atoms with Gasteiger partial charge in [-0.3, -0.25) is 4.79 Å². The average Bonchev–Trinajstić information content (AvgIpc) is 2.38. The highest BCUT2D eigenvalue weighted by atomic mass is 19.4. The van der Waals surface area contributed by atoms with E-state index in [0.717, 1.165) is 12.1 Å². The van der Waals surface area contributed by atoms with Gasteiger partial charge < -0.3 is 15.4 Å². The van der Waals surface area contributed by atoms with Crippen molar-refractivity contribution in [2.75, 3.05) is 26.0 Å². The highest BCUT2D eigenvalue weighted by Gasteiger charge is 2.34. The molecule has 0 spiro atoms. The van der Waals surface area contributed by atoms with Crippen LogP contribution in [0.25, 0.3) is 0 Å². The first kappa shape index (κ1) is 17.3. The number of halogens is 3. The van der Waals surface area contributed by atoms with Gasteiger partial charge in [0.1, 0.15) is 0 Å². The van der Waals surface area contributed by atoms with Crippen molar-refractivity contribution in [1.82, 2.24) is 4.90 Å². The third-order valence-corrected chi connectivity index (χ3v) is 3.15. The molecule has 1 atom stereocenters. The number of hydrogen-bond acceptors (Lipinski definition) is 3. The van der Waals surface area contributed by atoms with Gasteiger partial charge in [-0.25, -0.2) is 0 Å². The minimum Gasteiger partial charge on any atom is -0.398 e. The topological polar surface area (TPSA) is 55.6 Å². The summed E-state index contributed by atoms with van der Waals surface area (Å²) in [6, 6.07) is 2.96. The molecule has 0 aromatic heterocycles. The molecule has 1 amide bonds. The van der Waals surface area contributed by atoms with Crippen LogP contribution in [0.15, 0.2) is 18.2 Å². The second-order valence-electron chi connectivity index (χ2n) is 4.70. The number of carbonyl (C=O) groups is 1. The van der Waals surface area contributed by atoms with Crippen molar-refractivity contribution >= 4 is 11.6 Å². The lowest BCUT2D eigenvalue weighted by molar-refractivity contribution is -0.136. The van der Waals surface area contributed by atoms with Gasteiger partial charge in [-0.05, 0) is 32.0 Å². The molecule has 0 fully saturated rings. The zero-order valence-electron chi connectivity index (χ0n) is 12.2. The fraction of sp³-hybridized carbons (Fsp3) is 0.500. The number of nitrogens with two attached hydrogens (primary N) is 1. The van der Waals surface area contributed by atoms with Gasteiger partial charge in [0.05, 0.1) is 18.2 Å². The van der Waals surface area contributed by atoms with E-state index in [2.05, 4.69) is 0 Å². The third-order valence-electron chi connectivity index (χ3n) is 3.15. The molecule has 0 heterocycles. The van der Waals surface area contributed by atoms with Gasteiger partial charge in [0.2, 0.25) is 0 Å². The lowest BCUT2D eigenvalue weighted by Gasteiger charge is -2.28. The Kier molecular flexibility index (Phi) is 5.60. The van der Waals surface area contributed by atoms with Crippen LogP contribution >= 0.6 is 0 Å². The summed E-state index contributed by atoms with van der Waals surface area (Å²) >= 11 is 0. The maximum absolute atomic E-state index is 12.8. The molecule has 1 aromatic carbocycles. The Bertz CT molecular complexity index is 503. The first-order chi connectivity index (χ1) is 9.72. The van der Waals surface area contributed by atoms with E-state index in [1.54, 1.807) is 13.8 Å². The molecule has 0 bridgehead atoms. The van der Waals surface area contributed by atoms with Crippen LogP contribution in [0, 0.1) is 0 Å². The van der Waals surface area contributed by atoms with E-state index in [1.165, 1.54) is 18.1 Å². The van der Waals surface area contributed by atoms with Gasteiger partial charge in [0.15, 0.2) is 0 Å². The van der Waals surface area contributed by atoms with Crippen molar-refractivity contribution in [1.29, 1.82) is 0 Å². The van der Waals surface area contributed by atoms with E-state index in [4.69, 9.17) is 10.5 Å². The van der Waals surface area contributed by atoms with Crippen LogP contribution in [0.2, 0.25) is 0 Å². The Labute approximate surface area is 121 Å². The van der Waals surface area contributed by atoms with Gasteiger partial charge in [-0.15, -0.1) is 0 Å². The van der Waals surface area contributed by atoms with Crippen LogP contribution in [0.3, 0.4) is 0 Å². The van der Waals surface area contributed by atoms with Crippen molar-refractivity contribution in [3.63, 3.8) is 0 Å².